The molecular formula is C16H22N4OS. The van der Waals surface area contributed by atoms with Gasteiger partial charge >= 0.3 is 0 Å². The molecule has 0 radical (unpaired) electrons. The molecule has 1 amide bonds. The number of piperidine rings is 1. The average Bonchev–Trinajstić information content (AvgIpc) is 3.04. The number of hydrogen-bond donors (Lipinski definition) is 0. The standard InChI is InChI=1S/C16H22N4OS/c1-11-8-19(3)16(17-11)13-5-4-6-20(9-13)15(21)7-14-10-22-12(2)18-14/h8,10,13H,4-7,9H2,1-3H3. The van der Waals surface area contributed by atoms with Crippen molar-refractivity contribution in [1.82, 2.24) is 19.4 Å². The van der Waals surface area contributed by atoms with E-state index >= 15 is 0 Å². The maximum absolute atomic E-state index is 12.5. The van der Waals surface area contributed by atoms with Crippen molar-refractivity contribution in [3.05, 3.63) is 33.8 Å². The zero-order valence-electron chi connectivity index (χ0n) is 13.4. The summed E-state index contributed by atoms with van der Waals surface area (Å²) in [5.41, 5.74) is 1.93. The van der Waals surface area contributed by atoms with Crippen LogP contribution in [0.2, 0.25) is 0 Å². The monoisotopic (exact) mass is 318 g/mol. The van der Waals surface area contributed by atoms with Crippen molar-refractivity contribution in [2.45, 2.75) is 39.0 Å². The van der Waals surface area contributed by atoms with Gasteiger partial charge in [-0.1, -0.05) is 0 Å². The summed E-state index contributed by atoms with van der Waals surface area (Å²) in [5.74, 6) is 1.62. The van der Waals surface area contributed by atoms with E-state index in [2.05, 4.69) is 14.5 Å². The van der Waals surface area contributed by atoms with Crippen molar-refractivity contribution in [3.63, 3.8) is 0 Å². The lowest BCUT2D eigenvalue weighted by Gasteiger charge is -2.32. The lowest BCUT2D eigenvalue weighted by atomic mass is 9.97. The average molecular weight is 318 g/mol. The number of aromatic nitrogens is 3. The van der Waals surface area contributed by atoms with Gasteiger partial charge in [-0.3, -0.25) is 4.79 Å². The first-order chi connectivity index (χ1) is 10.5. The van der Waals surface area contributed by atoms with Gasteiger partial charge in [0.1, 0.15) is 5.82 Å². The number of aryl methyl sites for hydroxylation is 3. The highest BCUT2D eigenvalue weighted by molar-refractivity contribution is 7.09. The van der Waals surface area contributed by atoms with E-state index in [0.717, 1.165) is 48.2 Å². The zero-order valence-corrected chi connectivity index (χ0v) is 14.2. The van der Waals surface area contributed by atoms with Crippen LogP contribution < -0.4 is 0 Å². The van der Waals surface area contributed by atoms with Gasteiger partial charge in [0.15, 0.2) is 0 Å². The number of carbonyl (C=O) groups is 1. The molecule has 2 aromatic heterocycles. The van der Waals surface area contributed by atoms with Crippen LogP contribution in [-0.2, 0) is 18.3 Å². The molecule has 1 saturated heterocycles. The van der Waals surface area contributed by atoms with Crippen LogP contribution in [0.1, 0.15) is 41.0 Å². The van der Waals surface area contributed by atoms with Crippen LogP contribution in [0.5, 0.6) is 0 Å². The van der Waals surface area contributed by atoms with Crippen LogP contribution >= 0.6 is 11.3 Å². The Hall–Kier alpha value is -1.69. The van der Waals surface area contributed by atoms with E-state index in [1.807, 2.05) is 37.4 Å². The summed E-state index contributed by atoms with van der Waals surface area (Å²) in [6.07, 6.45) is 4.60. The van der Waals surface area contributed by atoms with E-state index in [4.69, 9.17) is 0 Å². The van der Waals surface area contributed by atoms with Crippen LogP contribution in [0, 0.1) is 13.8 Å². The Balaban J connectivity index is 1.67. The maximum atomic E-state index is 12.5. The first-order valence-corrected chi connectivity index (χ1v) is 8.59. The number of carbonyl (C=O) groups excluding carboxylic acids is 1. The summed E-state index contributed by atoms with van der Waals surface area (Å²) >= 11 is 1.60. The lowest BCUT2D eigenvalue weighted by Crippen LogP contribution is -2.40. The van der Waals surface area contributed by atoms with Crippen LogP contribution in [0.15, 0.2) is 11.6 Å². The minimum atomic E-state index is 0.181. The molecule has 1 aliphatic heterocycles. The van der Waals surface area contributed by atoms with Gasteiger partial charge in [0.25, 0.3) is 0 Å². The molecule has 6 heteroatoms. The van der Waals surface area contributed by atoms with E-state index < -0.39 is 0 Å². The molecule has 1 fully saturated rings. The van der Waals surface area contributed by atoms with Gasteiger partial charge in [-0.05, 0) is 26.7 Å². The topological polar surface area (TPSA) is 51.0 Å². The molecule has 1 aliphatic rings. The van der Waals surface area contributed by atoms with E-state index in [9.17, 15) is 4.79 Å². The van der Waals surface area contributed by atoms with Crippen molar-refractivity contribution in [2.24, 2.45) is 7.05 Å². The lowest BCUT2D eigenvalue weighted by molar-refractivity contribution is -0.131. The highest BCUT2D eigenvalue weighted by Crippen LogP contribution is 2.26. The molecule has 1 atom stereocenters. The Morgan fingerprint density at radius 1 is 1.41 bits per heavy atom. The van der Waals surface area contributed by atoms with Crippen LogP contribution in [0.4, 0.5) is 0 Å². The highest BCUT2D eigenvalue weighted by atomic mass is 32.1. The van der Waals surface area contributed by atoms with Gasteiger partial charge in [0.05, 0.1) is 22.8 Å². The van der Waals surface area contributed by atoms with Gasteiger partial charge in [-0.2, -0.15) is 0 Å². The molecule has 118 valence electrons. The second-order valence-electron chi connectivity index (χ2n) is 6.06. The Kier molecular flexibility index (Phi) is 4.29. The molecule has 3 heterocycles. The minimum absolute atomic E-state index is 0.181. The molecule has 0 aliphatic carbocycles. The molecule has 5 nitrogen and oxygen atoms in total. The Morgan fingerprint density at radius 3 is 2.86 bits per heavy atom. The molecule has 0 saturated carbocycles. The summed E-state index contributed by atoms with van der Waals surface area (Å²) in [6, 6.07) is 0. The summed E-state index contributed by atoms with van der Waals surface area (Å²) in [4.78, 5) is 23.5. The molecule has 0 spiro atoms. The third-order valence-electron chi connectivity index (χ3n) is 4.17. The number of imidazole rings is 1. The fourth-order valence-electron chi connectivity index (χ4n) is 3.18. The predicted molar refractivity (Wildman–Crippen MR) is 87.1 cm³/mol. The quantitative estimate of drug-likeness (QED) is 0.873. The first-order valence-electron chi connectivity index (χ1n) is 7.71. The van der Waals surface area contributed by atoms with E-state index in [0.29, 0.717) is 12.3 Å². The normalized spacial score (nSPS) is 18.7. The third-order valence-corrected chi connectivity index (χ3v) is 4.99. The van der Waals surface area contributed by atoms with Crippen molar-refractivity contribution in [2.75, 3.05) is 13.1 Å². The molecule has 0 bridgehead atoms. The second-order valence-corrected chi connectivity index (χ2v) is 7.13. The number of rotatable bonds is 3. The van der Waals surface area contributed by atoms with Gasteiger partial charge in [-0.25, -0.2) is 9.97 Å². The van der Waals surface area contributed by atoms with E-state index in [1.165, 1.54) is 0 Å². The highest BCUT2D eigenvalue weighted by Gasteiger charge is 2.27. The van der Waals surface area contributed by atoms with Crippen molar-refractivity contribution in [1.29, 1.82) is 0 Å². The van der Waals surface area contributed by atoms with Crippen LogP contribution in [0.25, 0.3) is 0 Å². The maximum Gasteiger partial charge on any atom is 0.228 e. The molecule has 1 unspecified atom stereocenters. The summed E-state index contributed by atoms with van der Waals surface area (Å²) in [5, 5.41) is 3.00. The molecule has 0 N–H and O–H groups in total. The van der Waals surface area contributed by atoms with Gasteiger partial charge in [0.2, 0.25) is 5.91 Å². The number of amides is 1. The smallest absolute Gasteiger partial charge is 0.228 e. The third kappa shape index (κ3) is 3.21. The Bertz CT molecular complexity index is 675. The molecule has 2 aromatic rings. The Labute approximate surface area is 135 Å². The minimum Gasteiger partial charge on any atom is -0.342 e. The van der Waals surface area contributed by atoms with E-state index in [-0.39, 0.29) is 5.91 Å². The van der Waals surface area contributed by atoms with Gasteiger partial charge in [0, 0.05) is 37.6 Å². The first kappa shape index (κ1) is 15.2. The SMILES string of the molecule is Cc1cn(C)c(C2CCCN(C(=O)Cc3csc(C)n3)C2)n1. The number of hydrogen-bond acceptors (Lipinski definition) is 4. The molecule has 3 rings (SSSR count). The predicted octanol–water partition coefficient (Wildman–Crippen LogP) is 2.44. The van der Waals surface area contributed by atoms with Crippen molar-refractivity contribution >= 4 is 17.2 Å². The largest absolute Gasteiger partial charge is 0.342 e. The number of thiazole rings is 1. The van der Waals surface area contributed by atoms with Gasteiger partial charge < -0.3 is 9.47 Å². The Morgan fingerprint density at radius 2 is 2.23 bits per heavy atom. The zero-order chi connectivity index (χ0) is 15.7. The number of nitrogens with zero attached hydrogens (tertiary/aromatic N) is 4. The summed E-state index contributed by atoms with van der Waals surface area (Å²) in [7, 11) is 2.04. The van der Waals surface area contributed by atoms with Crippen LogP contribution in [-0.4, -0.2) is 38.4 Å². The fourth-order valence-corrected chi connectivity index (χ4v) is 3.80. The van der Waals surface area contributed by atoms with E-state index in [1.54, 1.807) is 11.3 Å². The molecule has 22 heavy (non-hydrogen) atoms. The van der Waals surface area contributed by atoms with Gasteiger partial charge in [-0.15, -0.1) is 11.3 Å². The second kappa shape index (κ2) is 6.20. The summed E-state index contributed by atoms with van der Waals surface area (Å²) < 4.78 is 2.10. The number of likely N-dealkylation sites (tertiary alicyclic amines) is 1. The van der Waals surface area contributed by atoms with Crippen LogP contribution in [0.3, 0.4) is 0 Å². The summed E-state index contributed by atoms with van der Waals surface area (Å²) in [6.45, 7) is 5.60. The van der Waals surface area contributed by atoms with Crippen molar-refractivity contribution in [3.8, 4) is 0 Å². The molecule has 0 aromatic carbocycles. The molecular weight excluding hydrogens is 296 g/mol. The van der Waals surface area contributed by atoms with Crippen molar-refractivity contribution < 1.29 is 4.79 Å². The fraction of sp³-hybridized carbons (Fsp3) is 0.562.